The maximum Gasteiger partial charge on any atom is 0.252 e. The molecule has 2 aliphatic rings. The van der Waals surface area contributed by atoms with E-state index in [1.54, 1.807) is 0 Å². The Labute approximate surface area is 395 Å². The molecule has 0 saturated heterocycles. The quantitative estimate of drug-likeness (QED) is 0.147. The lowest BCUT2D eigenvalue weighted by Crippen LogP contribution is -2.61. The molecule has 0 saturated carbocycles. The predicted molar refractivity (Wildman–Crippen MR) is 285 cm³/mol. The van der Waals surface area contributed by atoms with Crippen molar-refractivity contribution < 1.29 is 0 Å². The molecule has 10 rings (SSSR count). The van der Waals surface area contributed by atoms with E-state index in [1.165, 1.54) is 101 Å². The van der Waals surface area contributed by atoms with Gasteiger partial charge in [0.2, 0.25) is 0 Å². The largest absolute Gasteiger partial charge is 0.311 e. The van der Waals surface area contributed by atoms with E-state index in [2.05, 4.69) is 268 Å². The lowest BCUT2D eigenvalue weighted by atomic mass is 9.33. The van der Waals surface area contributed by atoms with Gasteiger partial charge in [-0.15, -0.1) is 0 Å². The van der Waals surface area contributed by atoms with Crippen LogP contribution in [0.5, 0.6) is 0 Å². The van der Waals surface area contributed by atoms with Crippen molar-refractivity contribution in [2.75, 3.05) is 9.80 Å². The molecule has 8 aromatic carbocycles. The topological polar surface area (TPSA) is 6.48 Å². The maximum absolute atomic E-state index is 2.61. The molecule has 0 spiro atoms. The minimum absolute atomic E-state index is 0.00719. The maximum atomic E-state index is 2.61. The van der Waals surface area contributed by atoms with Crippen molar-refractivity contribution in [3.63, 3.8) is 0 Å². The summed E-state index contributed by atoms with van der Waals surface area (Å²) in [5, 5.41) is 0. The molecular weight excluding hydrogens is 796 g/mol. The predicted octanol–water partition coefficient (Wildman–Crippen LogP) is 15.0. The third kappa shape index (κ3) is 7.28. The summed E-state index contributed by atoms with van der Waals surface area (Å²) < 4.78 is 0. The number of benzene rings is 8. The minimum Gasteiger partial charge on any atom is -0.311 e. The molecule has 2 nitrogen and oxygen atoms in total. The smallest absolute Gasteiger partial charge is 0.252 e. The number of nitrogens with zero attached hydrogens (tertiary/aromatic N) is 2. The zero-order valence-corrected chi connectivity index (χ0v) is 40.8. The van der Waals surface area contributed by atoms with Crippen LogP contribution in [0.15, 0.2) is 182 Å². The SMILES string of the molecule is Cc1cc2c3c(c1)N(c1ccc(C(C)(C)c4ccccc4)cc1-c1ccccc1)c1ccc(C(C)(C)c4ccccc4)cc1B3c1cc(C(C)(C)C)ccc1N2c1ccc(C(C)(C)C)cc1. The van der Waals surface area contributed by atoms with Crippen molar-refractivity contribution in [3.8, 4) is 11.1 Å². The van der Waals surface area contributed by atoms with Gasteiger partial charge in [-0.2, -0.15) is 0 Å². The van der Waals surface area contributed by atoms with Crippen LogP contribution in [0.25, 0.3) is 11.1 Å². The first-order valence-electron chi connectivity index (χ1n) is 23.9. The molecule has 0 fully saturated rings. The Bertz CT molecular complexity index is 3100. The van der Waals surface area contributed by atoms with Crippen LogP contribution in [0.3, 0.4) is 0 Å². The van der Waals surface area contributed by atoms with Gasteiger partial charge in [-0.25, -0.2) is 0 Å². The van der Waals surface area contributed by atoms with Gasteiger partial charge in [0.05, 0.1) is 5.69 Å². The van der Waals surface area contributed by atoms with Gasteiger partial charge in [0, 0.05) is 44.8 Å². The van der Waals surface area contributed by atoms with E-state index in [9.17, 15) is 0 Å². The Kier molecular flexibility index (Phi) is 10.4. The molecule has 0 N–H and O–H groups in total. The number of rotatable bonds is 7. The van der Waals surface area contributed by atoms with Gasteiger partial charge >= 0.3 is 0 Å². The number of aryl methyl sites for hydroxylation is 1. The van der Waals surface area contributed by atoms with Crippen molar-refractivity contribution in [1.29, 1.82) is 0 Å². The summed E-state index contributed by atoms with van der Waals surface area (Å²) in [6.07, 6.45) is 0. The van der Waals surface area contributed by atoms with E-state index in [4.69, 9.17) is 0 Å². The number of hydrogen-bond donors (Lipinski definition) is 0. The van der Waals surface area contributed by atoms with E-state index in [1.807, 2.05) is 0 Å². The van der Waals surface area contributed by atoms with Gasteiger partial charge < -0.3 is 9.80 Å². The molecule has 0 atom stereocenters. The fourth-order valence-electron chi connectivity index (χ4n) is 10.7. The molecule has 328 valence electrons. The first-order chi connectivity index (χ1) is 31.4. The standard InChI is InChI=1S/C63H63BN2/c1-42-37-57-59-58(38-42)66(54-34-30-48(39-51(54)43-21-15-12-16-22-43)62(8,9)45-23-17-13-18-24-45)56-36-31-49(63(10,11)46-25-19-14-20-26-46)41-53(56)64(59)52-40-47(61(5,6)7)29-35-55(52)65(57)50-32-27-44(28-33-50)60(2,3)4/h12-41H,1-11H3. The van der Waals surface area contributed by atoms with Crippen LogP contribution < -0.4 is 26.2 Å². The third-order valence-corrected chi connectivity index (χ3v) is 14.8. The van der Waals surface area contributed by atoms with E-state index in [-0.39, 0.29) is 28.4 Å². The monoisotopic (exact) mass is 859 g/mol. The molecule has 8 aromatic rings. The van der Waals surface area contributed by atoms with Gasteiger partial charge in [0.25, 0.3) is 6.71 Å². The Morgan fingerprint density at radius 3 is 1.30 bits per heavy atom. The highest BCUT2D eigenvalue weighted by Crippen LogP contribution is 2.49. The normalized spacial score (nSPS) is 13.6. The first-order valence-corrected chi connectivity index (χ1v) is 23.9. The molecular formula is C63H63BN2. The first kappa shape index (κ1) is 43.3. The van der Waals surface area contributed by atoms with Gasteiger partial charge in [-0.3, -0.25) is 0 Å². The summed E-state index contributed by atoms with van der Waals surface area (Å²) in [7, 11) is 0. The number of anilines is 6. The lowest BCUT2D eigenvalue weighted by molar-refractivity contribution is 0.590. The molecule has 2 aliphatic heterocycles. The van der Waals surface area contributed by atoms with E-state index >= 15 is 0 Å². The summed E-state index contributed by atoms with van der Waals surface area (Å²) in [5.41, 5.74) is 22.4. The highest BCUT2D eigenvalue weighted by molar-refractivity contribution is 7.00. The Hall–Kier alpha value is -6.58. The molecule has 0 radical (unpaired) electrons. The fraction of sp³-hybridized carbons (Fsp3) is 0.238. The van der Waals surface area contributed by atoms with E-state index in [0.29, 0.717) is 0 Å². The highest BCUT2D eigenvalue weighted by Gasteiger charge is 2.45. The second kappa shape index (κ2) is 15.8. The third-order valence-electron chi connectivity index (χ3n) is 14.8. The van der Waals surface area contributed by atoms with Crippen LogP contribution in [0, 0.1) is 6.92 Å². The molecule has 0 bridgehead atoms. The zero-order chi connectivity index (χ0) is 46.3. The van der Waals surface area contributed by atoms with Crippen LogP contribution in [0.4, 0.5) is 34.1 Å². The van der Waals surface area contributed by atoms with E-state index in [0.717, 1.165) is 0 Å². The number of hydrogen-bond acceptors (Lipinski definition) is 2. The van der Waals surface area contributed by atoms with Crippen molar-refractivity contribution >= 4 is 57.2 Å². The molecule has 0 amide bonds. The van der Waals surface area contributed by atoms with Crippen LogP contribution in [0.1, 0.15) is 108 Å². The van der Waals surface area contributed by atoms with Crippen LogP contribution in [-0.4, -0.2) is 6.71 Å². The Morgan fingerprint density at radius 1 is 0.348 bits per heavy atom. The molecule has 3 heteroatoms. The summed E-state index contributed by atoms with van der Waals surface area (Å²) in [5.74, 6) is 0. The average molecular weight is 859 g/mol. The highest BCUT2D eigenvalue weighted by atomic mass is 15.2. The van der Waals surface area contributed by atoms with Gasteiger partial charge in [-0.1, -0.05) is 203 Å². The van der Waals surface area contributed by atoms with Crippen LogP contribution in [0.2, 0.25) is 0 Å². The summed E-state index contributed by atoms with van der Waals surface area (Å²) in [6.45, 7) is 25.6. The molecule has 66 heavy (non-hydrogen) atoms. The van der Waals surface area contributed by atoms with E-state index < -0.39 is 0 Å². The minimum atomic E-state index is -0.233. The fourth-order valence-corrected chi connectivity index (χ4v) is 10.7. The van der Waals surface area contributed by atoms with Crippen molar-refractivity contribution in [2.24, 2.45) is 0 Å². The molecule has 0 unspecified atom stereocenters. The van der Waals surface area contributed by atoms with Gasteiger partial charge in [0.1, 0.15) is 0 Å². The summed E-state index contributed by atoms with van der Waals surface area (Å²) in [4.78, 5) is 5.17. The van der Waals surface area contributed by atoms with Crippen molar-refractivity contribution in [1.82, 2.24) is 0 Å². The molecule has 2 heterocycles. The zero-order valence-electron chi connectivity index (χ0n) is 40.8. The molecule has 0 aliphatic carbocycles. The van der Waals surface area contributed by atoms with Crippen molar-refractivity contribution in [2.45, 2.75) is 97.8 Å². The Balaban J connectivity index is 1.29. The van der Waals surface area contributed by atoms with Crippen LogP contribution >= 0.6 is 0 Å². The van der Waals surface area contributed by atoms with Crippen molar-refractivity contribution in [3.05, 3.63) is 221 Å². The van der Waals surface area contributed by atoms with Gasteiger partial charge in [0.15, 0.2) is 0 Å². The Morgan fingerprint density at radius 2 is 0.773 bits per heavy atom. The summed E-state index contributed by atoms with van der Waals surface area (Å²) >= 11 is 0. The number of fused-ring (bicyclic) bond motifs is 4. The average Bonchev–Trinajstić information content (AvgIpc) is 3.31. The second-order valence-electron chi connectivity index (χ2n) is 22.0. The second-order valence-corrected chi connectivity index (χ2v) is 22.0. The van der Waals surface area contributed by atoms with Gasteiger partial charge in [-0.05, 0) is 127 Å². The lowest BCUT2D eigenvalue weighted by Gasteiger charge is -2.45. The summed E-state index contributed by atoms with van der Waals surface area (Å²) in [6, 6.07) is 69.2. The van der Waals surface area contributed by atoms with Crippen LogP contribution in [-0.2, 0) is 21.7 Å². The molecule has 0 aromatic heterocycles.